The second kappa shape index (κ2) is 8.87. The van der Waals surface area contributed by atoms with E-state index in [-0.39, 0.29) is 45.8 Å². The molecular formula is C23H31N5O6S2. The first-order valence-corrected chi connectivity index (χ1v) is 14.8. The summed E-state index contributed by atoms with van der Waals surface area (Å²) in [5, 5.41) is 14.9. The average Bonchev–Trinajstić information content (AvgIpc) is 3.58. The van der Waals surface area contributed by atoms with Gasteiger partial charge in [-0.3, -0.25) is 14.2 Å². The minimum absolute atomic E-state index is 0.0137. The Morgan fingerprint density at radius 1 is 1.25 bits per heavy atom. The van der Waals surface area contributed by atoms with Gasteiger partial charge < -0.3 is 5.11 Å². The molecule has 1 aliphatic carbocycles. The lowest BCUT2D eigenvalue weighted by atomic mass is 9.90. The van der Waals surface area contributed by atoms with Crippen LogP contribution in [0.5, 0.6) is 5.75 Å². The van der Waals surface area contributed by atoms with Crippen molar-refractivity contribution in [3.63, 3.8) is 0 Å². The monoisotopic (exact) mass is 537 g/mol. The molecule has 13 heteroatoms. The first kappa shape index (κ1) is 26.1. The zero-order chi connectivity index (χ0) is 26.6. The number of rotatable bonds is 7. The number of anilines is 1. The molecule has 1 aromatic heterocycles. The number of nitrogens with one attached hydrogen (secondary N) is 2. The lowest BCUT2D eigenvalue weighted by Crippen LogP contribution is -2.40. The van der Waals surface area contributed by atoms with Gasteiger partial charge in [-0.05, 0) is 43.4 Å². The molecule has 0 saturated heterocycles. The summed E-state index contributed by atoms with van der Waals surface area (Å²) in [7, 11) is -7.83. The van der Waals surface area contributed by atoms with Crippen molar-refractivity contribution in [3.8, 4) is 5.75 Å². The third-order valence-electron chi connectivity index (χ3n) is 5.93. The molecule has 4 rings (SSSR count). The number of aromatic hydroxyl groups is 1. The van der Waals surface area contributed by atoms with Crippen LogP contribution in [0.4, 0.5) is 11.4 Å². The fraction of sp³-hybridized carbons (Fsp3) is 0.522. The molecule has 3 N–H and O–H groups in total. The number of aliphatic imine (C=N–C) groups is 1. The van der Waals surface area contributed by atoms with E-state index < -0.39 is 42.0 Å². The van der Waals surface area contributed by atoms with Gasteiger partial charge in [0.1, 0.15) is 16.2 Å². The Balaban J connectivity index is 1.84. The fourth-order valence-corrected chi connectivity index (χ4v) is 6.32. The summed E-state index contributed by atoms with van der Waals surface area (Å²) in [6.45, 7) is 9.76. The summed E-state index contributed by atoms with van der Waals surface area (Å²) in [5.41, 5.74) is -1.25. The van der Waals surface area contributed by atoms with Gasteiger partial charge in [-0.1, -0.05) is 34.6 Å². The van der Waals surface area contributed by atoms with Gasteiger partial charge in [-0.2, -0.15) is 5.10 Å². The van der Waals surface area contributed by atoms with Crippen LogP contribution in [0.3, 0.4) is 0 Å². The van der Waals surface area contributed by atoms with Crippen LogP contribution in [0.15, 0.2) is 32.9 Å². The third-order valence-corrected chi connectivity index (χ3v) is 9.17. The molecule has 2 heterocycles. The number of aryl methyl sites for hydroxylation is 1. The van der Waals surface area contributed by atoms with Gasteiger partial charge in [0.25, 0.3) is 15.6 Å². The van der Waals surface area contributed by atoms with Crippen molar-refractivity contribution in [2.45, 2.75) is 76.0 Å². The predicted molar refractivity (Wildman–Crippen MR) is 137 cm³/mol. The molecule has 0 amide bonds. The molecule has 36 heavy (non-hydrogen) atoms. The first-order chi connectivity index (χ1) is 16.6. The van der Waals surface area contributed by atoms with Crippen LogP contribution in [0.25, 0.3) is 0 Å². The number of amidine groups is 1. The Morgan fingerprint density at radius 2 is 1.92 bits per heavy atom. The highest BCUT2D eigenvalue weighted by Gasteiger charge is 2.37. The summed E-state index contributed by atoms with van der Waals surface area (Å²) in [6.07, 6.45) is 1.78. The summed E-state index contributed by atoms with van der Waals surface area (Å²) in [6, 6.07) is 3.96. The maximum absolute atomic E-state index is 13.3. The lowest BCUT2D eigenvalue weighted by Gasteiger charge is -2.24. The minimum Gasteiger partial charge on any atom is -0.505 e. The molecule has 0 spiro atoms. The van der Waals surface area contributed by atoms with Crippen LogP contribution in [-0.4, -0.2) is 42.8 Å². The number of hydrogen-bond acceptors (Lipinski definition) is 8. The molecule has 2 aliphatic rings. The van der Waals surface area contributed by atoms with Gasteiger partial charge >= 0.3 is 0 Å². The number of sulfonamides is 2. The van der Waals surface area contributed by atoms with Gasteiger partial charge in [0.05, 0.1) is 10.9 Å². The third kappa shape index (κ3) is 5.12. The van der Waals surface area contributed by atoms with Crippen molar-refractivity contribution in [1.29, 1.82) is 0 Å². The molecular weight excluding hydrogens is 506 g/mol. The van der Waals surface area contributed by atoms with Gasteiger partial charge in [-0.25, -0.2) is 26.5 Å². The van der Waals surface area contributed by atoms with Crippen LogP contribution < -0.4 is 15.0 Å². The van der Waals surface area contributed by atoms with Crippen molar-refractivity contribution in [3.05, 3.63) is 39.8 Å². The van der Waals surface area contributed by atoms with Crippen molar-refractivity contribution in [2.75, 3.05) is 4.72 Å². The van der Waals surface area contributed by atoms with E-state index in [1.165, 1.54) is 22.9 Å². The van der Waals surface area contributed by atoms with E-state index in [4.69, 9.17) is 0 Å². The van der Waals surface area contributed by atoms with E-state index in [0.717, 1.165) is 0 Å². The second-order valence-electron chi connectivity index (χ2n) is 10.6. The fourth-order valence-electron chi connectivity index (χ4n) is 3.76. The highest BCUT2D eigenvalue weighted by Crippen LogP contribution is 2.36. The standard InChI is InChI=1S/C23H31N5O6S2/c1-13(2)10-11-28-22(30)18(19(29)20(25-28)23(3,4)5)21-24-16-9-6-14(12-17(16)36(33,34)27-21)26-35(31,32)15-7-8-15/h6,9,12-13,15,26,29H,7-8,10-11H2,1-5H3,(H,24,27). The molecule has 0 unspecified atom stereocenters. The Hall–Kier alpha value is -2.93. The van der Waals surface area contributed by atoms with E-state index in [0.29, 0.717) is 19.3 Å². The topological polar surface area (TPSA) is 160 Å². The quantitative estimate of drug-likeness (QED) is 0.489. The van der Waals surface area contributed by atoms with Crippen molar-refractivity contribution in [1.82, 2.24) is 14.5 Å². The Morgan fingerprint density at radius 3 is 2.50 bits per heavy atom. The Bertz CT molecular complexity index is 1520. The van der Waals surface area contributed by atoms with Crippen LogP contribution in [0.1, 0.15) is 65.1 Å². The average molecular weight is 538 g/mol. The van der Waals surface area contributed by atoms with Gasteiger partial charge in [0.15, 0.2) is 11.6 Å². The molecule has 1 aliphatic heterocycles. The summed E-state index contributed by atoms with van der Waals surface area (Å²) in [5.74, 6) is -0.465. The first-order valence-electron chi connectivity index (χ1n) is 11.7. The van der Waals surface area contributed by atoms with Gasteiger partial charge in [0, 0.05) is 17.6 Å². The smallest absolute Gasteiger partial charge is 0.281 e. The van der Waals surface area contributed by atoms with Crippen molar-refractivity contribution >= 4 is 37.3 Å². The molecule has 1 fully saturated rings. The zero-order valence-corrected chi connectivity index (χ0v) is 22.5. The normalized spacial score (nSPS) is 17.3. The van der Waals surface area contributed by atoms with E-state index in [2.05, 4.69) is 19.5 Å². The van der Waals surface area contributed by atoms with E-state index in [1.807, 2.05) is 34.6 Å². The lowest BCUT2D eigenvalue weighted by molar-refractivity contribution is 0.401. The molecule has 196 valence electrons. The molecule has 0 bridgehead atoms. The molecule has 2 aromatic rings. The van der Waals surface area contributed by atoms with Crippen LogP contribution in [0.2, 0.25) is 0 Å². The minimum atomic E-state index is -4.24. The second-order valence-corrected chi connectivity index (χ2v) is 14.2. The number of nitrogens with zero attached hydrogens (tertiary/aromatic N) is 3. The van der Waals surface area contributed by atoms with E-state index in [1.54, 1.807) is 0 Å². The van der Waals surface area contributed by atoms with Crippen molar-refractivity contribution < 1.29 is 21.9 Å². The summed E-state index contributed by atoms with van der Waals surface area (Å²) < 4.78 is 56.8. The van der Waals surface area contributed by atoms with Crippen LogP contribution in [0, 0.1) is 5.92 Å². The highest BCUT2D eigenvalue weighted by atomic mass is 32.2. The summed E-state index contributed by atoms with van der Waals surface area (Å²) in [4.78, 5) is 17.4. The number of benzene rings is 1. The number of hydrogen-bond donors (Lipinski definition) is 3. The molecule has 11 nitrogen and oxygen atoms in total. The molecule has 0 atom stereocenters. The molecule has 1 aromatic carbocycles. The number of fused-ring (bicyclic) bond motifs is 1. The SMILES string of the molecule is CC(C)CCn1nc(C(C)(C)C)c(O)c(C2=Nc3ccc(NS(=O)(=O)C4CC4)cc3S(=O)(=O)N2)c1=O. The number of aromatic nitrogens is 2. The Labute approximate surface area is 210 Å². The van der Waals surface area contributed by atoms with Crippen molar-refractivity contribution in [2.24, 2.45) is 10.9 Å². The largest absolute Gasteiger partial charge is 0.505 e. The van der Waals surface area contributed by atoms with Gasteiger partial charge in [-0.15, -0.1) is 0 Å². The highest BCUT2D eigenvalue weighted by molar-refractivity contribution is 7.93. The molecule has 1 saturated carbocycles. The van der Waals surface area contributed by atoms with Crippen LogP contribution in [-0.2, 0) is 32.0 Å². The maximum atomic E-state index is 13.3. The Kier molecular flexibility index (Phi) is 6.44. The summed E-state index contributed by atoms with van der Waals surface area (Å²) >= 11 is 0. The maximum Gasteiger partial charge on any atom is 0.281 e. The van der Waals surface area contributed by atoms with E-state index in [9.17, 15) is 26.7 Å². The molecule has 0 radical (unpaired) electrons. The van der Waals surface area contributed by atoms with Crippen LogP contribution >= 0.6 is 0 Å². The van der Waals surface area contributed by atoms with Gasteiger partial charge in [0.2, 0.25) is 10.0 Å². The zero-order valence-electron chi connectivity index (χ0n) is 20.9. The predicted octanol–water partition coefficient (Wildman–Crippen LogP) is 2.57. The van der Waals surface area contributed by atoms with E-state index >= 15 is 0 Å².